The van der Waals surface area contributed by atoms with Crippen molar-refractivity contribution in [1.29, 1.82) is 0 Å². The van der Waals surface area contributed by atoms with Gasteiger partial charge in [-0.15, -0.1) is 0 Å². The lowest BCUT2D eigenvalue weighted by Crippen LogP contribution is -2.35. The number of para-hydroxylation sites is 1. The summed E-state index contributed by atoms with van der Waals surface area (Å²) in [6.07, 6.45) is 0.168. The van der Waals surface area contributed by atoms with Crippen molar-refractivity contribution in [2.75, 3.05) is 19.0 Å². The molecule has 0 radical (unpaired) electrons. The topological polar surface area (TPSA) is 79.5 Å². The second-order valence-electron chi connectivity index (χ2n) is 6.68. The molecule has 30 heavy (non-hydrogen) atoms. The zero-order chi connectivity index (χ0) is 21.2. The van der Waals surface area contributed by atoms with Gasteiger partial charge in [0.05, 0.1) is 13.2 Å². The van der Waals surface area contributed by atoms with Gasteiger partial charge in [-0.05, 0) is 35.4 Å². The van der Waals surface area contributed by atoms with E-state index < -0.39 is 0 Å². The first-order valence-corrected chi connectivity index (χ1v) is 9.74. The van der Waals surface area contributed by atoms with Crippen LogP contribution in [0, 0.1) is 0 Å². The average Bonchev–Trinajstić information content (AvgIpc) is 2.79. The molecular formula is C24H25N3O3. The molecule has 0 aromatic heterocycles. The van der Waals surface area contributed by atoms with Crippen LogP contribution in [0.5, 0.6) is 5.75 Å². The Balaban J connectivity index is 1.57. The van der Waals surface area contributed by atoms with Crippen molar-refractivity contribution in [1.82, 2.24) is 10.6 Å². The molecule has 0 unspecified atom stereocenters. The van der Waals surface area contributed by atoms with Crippen molar-refractivity contribution < 1.29 is 14.3 Å². The highest BCUT2D eigenvalue weighted by Crippen LogP contribution is 2.24. The van der Waals surface area contributed by atoms with Crippen molar-refractivity contribution in [3.63, 3.8) is 0 Å². The number of hydrogen-bond donors (Lipinski definition) is 3. The minimum Gasteiger partial charge on any atom is -0.497 e. The average molecular weight is 403 g/mol. The minimum atomic E-state index is -0.344. The molecule has 0 aliphatic heterocycles. The largest absolute Gasteiger partial charge is 0.497 e. The second-order valence-corrected chi connectivity index (χ2v) is 6.68. The molecule has 3 aromatic rings. The van der Waals surface area contributed by atoms with E-state index in [2.05, 4.69) is 16.0 Å². The van der Waals surface area contributed by atoms with Crippen molar-refractivity contribution in [3.05, 3.63) is 96.1 Å². The Kier molecular flexibility index (Phi) is 7.44. The lowest BCUT2D eigenvalue weighted by Gasteiger charge is -2.20. The fraction of sp³-hybridized carbons (Fsp3) is 0.167. The first-order valence-electron chi connectivity index (χ1n) is 9.74. The molecule has 0 fully saturated rings. The molecule has 1 atom stereocenters. The van der Waals surface area contributed by atoms with E-state index in [1.807, 2.05) is 72.8 Å². The maximum absolute atomic E-state index is 12.6. The third kappa shape index (κ3) is 6.10. The number of rotatable bonds is 8. The molecule has 0 aliphatic rings. The quantitative estimate of drug-likeness (QED) is 0.529. The zero-order valence-corrected chi connectivity index (χ0v) is 16.8. The van der Waals surface area contributed by atoms with Gasteiger partial charge in [-0.3, -0.25) is 4.79 Å². The molecule has 3 N–H and O–H groups in total. The summed E-state index contributed by atoms with van der Waals surface area (Å²) in [7, 11) is 1.62. The van der Waals surface area contributed by atoms with Crippen LogP contribution < -0.4 is 20.7 Å². The molecule has 0 heterocycles. The van der Waals surface area contributed by atoms with Gasteiger partial charge in [0.2, 0.25) is 5.91 Å². The van der Waals surface area contributed by atoms with Crippen LogP contribution in [0.15, 0.2) is 84.9 Å². The molecule has 6 heteroatoms. The normalized spacial score (nSPS) is 11.2. The number of amides is 3. The Hall–Kier alpha value is -3.80. The highest BCUT2D eigenvalue weighted by molar-refractivity contribution is 5.89. The van der Waals surface area contributed by atoms with Crippen LogP contribution in [-0.2, 0) is 4.79 Å². The predicted octanol–water partition coefficient (Wildman–Crippen LogP) is 4.11. The molecule has 3 rings (SSSR count). The minimum absolute atomic E-state index is 0.153. The molecule has 0 aliphatic carbocycles. The van der Waals surface area contributed by atoms with Crippen LogP contribution in [0.3, 0.4) is 0 Å². The zero-order valence-electron chi connectivity index (χ0n) is 16.8. The predicted molar refractivity (Wildman–Crippen MR) is 118 cm³/mol. The highest BCUT2D eigenvalue weighted by Gasteiger charge is 2.17. The number of hydrogen-bond acceptors (Lipinski definition) is 3. The summed E-state index contributed by atoms with van der Waals surface area (Å²) in [5.41, 5.74) is 2.62. The summed E-state index contributed by atoms with van der Waals surface area (Å²) >= 11 is 0. The summed E-state index contributed by atoms with van der Waals surface area (Å²) in [6.45, 7) is 0.231. The maximum atomic E-state index is 12.6. The SMILES string of the molecule is COc1ccc([C@H](NC(=O)CCNC(=O)Nc2ccccc2)c2ccccc2)cc1. The van der Waals surface area contributed by atoms with Gasteiger partial charge >= 0.3 is 6.03 Å². The number of carbonyl (C=O) groups is 2. The molecule has 0 spiro atoms. The van der Waals surface area contributed by atoms with Gasteiger partial charge in [-0.2, -0.15) is 0 Å². The third-order valence-electron chi connectivity index (χ3n) is 4.56. The molecule has 6 nitrogen and oxygen atoms in total. The van der Waals surface area contributed by atoms with E-state index in [9.17, 15) is 9.59 Å². The van der Waals surface area contributed by atoms with E-state index in [0.717, 1.165) is 16.9 Å². The summed E-state index contributed by atoms with van der Waals surface area (Å²) < 4.78 is 5.22. The summed E-state index contributed by atoms with van der Waals surface area (Å²) in [4.78, 5) is 24.5. The van der Waals surface area contributed by atoms with Gasteiger partial charge in [-0.25, -0.2) is 4.79 Å². The van der Waals surface area contributed by atoms with Crippen LogP contribution in [0.1, 0.15) is 23.6 Å². The molecule has 0 bridgehead atoms. The van der Waals surface area contributed by atoms with Crippen molar-refractivity contribution in [2.24, 2.45) is 0 Å². The van der Waals surface area contributed by atoms with E-state index >= 15 is 0 Å². The van der Waals surface area contributed by atoms with E-state index in [1.54, 1.807) is 19.2 Å². The Labute approximate surface area is 176 Å². The van der Waals surface area contributed by atoms with Crippen LogP contribution in [-0.4, -0.2) is 25.6 Å². The van der Waals surface area contributed by atoms with E-state index in [4.69, 9.17) is 4.74 Å². The molecule has 3 aromatic carbocycles. The van der Waals surface area contributed by atoms with Crippen LogP contribution in [0.2, 0.25) is 0 Å². The summed E-state index contributed by atoms with van der Waals surface area (Å²) in [5, 5.41) is 8.49. The number of ether oxygens (including phenoxy) is 1. The third-order valence-corrected chi connectivity index (χ3v) is 4.56. The number of methoxy groups -OCH3 is 1. The highest BCUT2D eigenvalue weighted by atomic mass is 16.5. The monoisotopic (exact) mass is 403 g/mol. The first-order chi connectivity index (χ1) is 14.7. The summed E-state index contributed by atoms with van der Waals surface area (Å²) in [5.74, 6) is 0.602. The van der Waals surface area contributed by atoms with Gasteiger partial charge in [-0.1, -0.05) is 60.7 Å². The molecule has 3 amide bonds. The van der Waals surface area contributed by atoms with Crippen molar-refractivity contribution in [2.45, 2.75) is 12.5 Å². The fourth-order valence-corrected chi connectivity index (χ4v) is 3.02. The first kappa shape index (κ1) is 20.9. The lowest BCUT2D eigenvalue weighted by atomic mass is 9.98. The standard InChI is InChI=1S/C24H25N3O3/c1-30-21-14-12-19(13-15-21)23(18-8-4-2-5-9-18)27-22(28)16-17-25-24(29)26-20-10-6-3-7-11-20/h2-15,23H,16-17H2,1H3,(H,27,28)(H2,25,26,29)/t23-/m1/s1. The van der Waals surface area contributed by atoms with Gasteiger partial charge in [0, 0.05) is 18.7 Å². The number of anilines is 1. The molecular weight excluding hydrogens is 378 g/mol. The number of benzene rings is 3. The fourth-order valence-electron chi connectivity index (χ4n) is 3.02. The molecule has 0 saturated carbocycles. The number of nitrogens with one attached hydrogen (secondary N) is 3. The lowest BCUT2D eigenvalue weighted by molar-refractivity contribution is -0.121. The Morgan fingerprint density at radius 3 is 2.07 bits per heavy atom. The van der Waals surface area contributed by atoms with Gasteiger partial charge in [0.15, 0.2) is 0 Å². The number of carbonyl (C=O) groups excluding carboxylic acids is 2. The van der Waals surface area contributed by atoms with Crippen LogP contribution >= 0.6 is 0 Å². The molecule has 154 valence electrons. The molecule has 0 saturated heterocycles. The summed E-state index contributed by atoms with van der Waals surface area (Å²) in [6, 6.07) is 25.9. The smallest absolute Gasteiger partial charge is 0.319 e. The van der Waals surface area contributed by atoms with E-state index in [0.29, 0.717) is 5.69 Å². The van der Waals surface area contributed by atoms with Gasteiger partial charge < -0.3 is 20.7 Å². The van der Waals surface area contributed by atoms with Crippen LogP contribution in [0.25, 0.3) is 0 Å². The van der Waals surface area contributed by atoms with Crippen molar-refractivity contribution >= 4 is 17.6 Å². The second kappa shape index (κ2) is 10.7. The maximum Gasteiger partial charge on any atom is 0.319 e. The van der Waals surface area contributed by atoms with E-state index in [1.165, 1.54) is 0 Å². The van der Waals surface area contributed by atoms with Gasteiger partial charge in [0.1, 0.15) is 5.75 Å². The number of urea groups is 1. The van der Waals surface area contributed by atoms with Gasteiger partial charge in [0.25, 0.3) is 0 Å². The Morgan fingerprint density at radius 1 is 0.833 bits per heavy atom. The Morgan fingerprint density at radius 2 is 1.43 bits per heavy atom. The van der Waals surface area contributed by atoms with Crippen LogP contribution in [0.4, 0.5) is 10.5 Å². The van der Waals surface area contributed by atoms with Crippen molar-refractivity contribution in [3.8, 4) is 5.75 Å². The van der Waals surface area contributed by atoms with E-state index in [-0.39, 0.29) is 30.9 Å². The Bertz CT molecular complexity index is 944.